The number of anilines is 1. The molecule has 3 atom stereocenters. The van der Waals surface area contributed by atoms with E-state index in [0.717, 1.165) is 134 Å². The monoisotopic (exact) mass is 790 g/mol. The zero-order chi connectivity index (χ0) is 40.7. The lowest BCUT2D eigenvalue weighted by molar-refractivity contribution is -0.122. The van der Waals surface area contributed by atoms with Crippen molar-refractivity contribution < 1.29 is 38.4 Å². The van der Waals surface area contributed by atoms with E-state index in [0.29, 0.717) is 58.4 Å². The van der Waals surface area contributed by atoms with Crippen molar-refractivity contribution in [3.05, 3.63) is 42.1 Å². The van der Waals surface area contributed by atoms with Crippen molar-refractivity contribution >= 4 is 17.5 Å². The predicted molar refractivity (Wildman–Crippen MR) is 226 cm³/mol. The van der Waals surface area contributed by atoms with Gasteiger partial charge in [-0.25, -0.2) is 0 Å². The van der Waals surface area contributed by atoms with Crippen LogP contribution in [0.15, 0.2) is 36.5 Å². The summed E-state index contributed by atoms with van der Waals surface area (Å²) in [6, 6.07) is 7.99. The van der Waals surface area contributed by atoms with Gasteiger partial charge in [0.15, 0.2) is 0 Å². The second-order valence-corrected chi connectivity index (χ2v) is 16.7. The van der Waals surface area contributed by atoms with Gasteiger partial charge in [-0.2, -0.15) is 0 Å². The quantitative estimate of drug-likeness (QED) is 0.0517. The molecule has 1 aliphatic carbocycles. The Morgan fingerprint density at radius 3 is 1.86 bits per heavy atom. The summed E-state index contributed by atoms with van der Waals surface area (Å²) in [6.07, 6.45) is 14.2. The van der Waals surface area contributed by atoms with E-state index in [1.54, 1.807) is 0 Å². The number of ether oxygens (including phenoxy) is 5. The van der Waals surface area contributed by atoms with E-state index in [4.69, 9.17) is 23.7 Å². The molecule has 322 valence electrons. The number of carbonyl (C=O) groups excluding carboxylic acids is 2. The molecular weight excluding hydrogens is 711 g/mol. The molecule has 0 heterocycles. The van der Waals surface area contributed by atoms with Crippen molar-refractivity contribution in [1.29, 1.82) is 0 Å². The van der Waals surface area contributed by atoms with Crippen LogP contribution in [0.4, 0.5) is 5.69 Å². The Kier molecular flexibility index (Phi) is 27.9. The number of hydrogen-bond donors (Lipinski definition) is 4. The maximum Gasteiger partial charge on any atom is 0.224 e. The number of amides is 2. The van der Waals surface area contributed by atoms with Crippen LogP contribution in [0, 0.1) is 11.3 Å². The highest BCUT2D eigenvalue weighted by Crippen LogP contribution is 2.26. The van der Waals surface area contributed by atoms with Crippen LogP contribution in [0.1, 0.15) is 130 Å². The molecule has 0 bridgehead atoms. The number of rotatable bonds is 34. The van der Waals surface area contributed by atoms with E-state index >= 15 is 0 Å². The number of carbonyl (C=O) groups is 2. The van der Waals surface area contributed by atoms with Gasteiger partial charge in [-0.3, -0.25) is 9.59 Å². The first-order chi connectivity index (χ1) is 27.0. The summed E-state index contributed by atoms with van der Waals surface area (Å²) in [5.74, 6) is 0.689. The third kappa shape index (κ3) is 28.8. The van der Waals surface area contributed by atoms with E-state index in [-0.39, 0.29) is 29.4 Å². The minimum atomic E-state index is -0.242. The molecular formula is C45H79N3O8. The number of hydrogen-bond acceptors (Lipinski definition) is 9. The van der Waals surface area contributed by atoms with Gasteiger partial charge in [-0.1, -0.05) is 52.8 Å². The molecule has 0 aromatic heterocycles. The summed E-state index contributed by atoms with van der Waals surface area (Å²) in [5, 5.41) is 19.3. The normalized spacial score (nSPS) is 17.1. The zero-order valence-corrected chi connectivity index (χ0v) is 35.6. The largest absolute Gasteiger partial charge is 0.393 e. The lowest BCUT2D eigenvalue weighted by Crippen LogP contribution is -2.30. The van der Waals surface area contributed by atoms with Gasteiger partial charge < -0.3 is 44.7 Å². The Hall–Kier alpha value is -2.54. The number of aliphatic hydroxyl groups excluding tert-OH is 1. The number of nitrogens with one attached hydrogen (secondary N) is 3. The van der Waals surface area contributed by atoms with Gasteiger partial charge in [0, 0.05) is 63.6 Å². The van der Waals surface area contributed by atoms with Gasteiger partial charge in [-0.15, -0.1) is 0 Å². The Balaban J connectivity index is 1.27. The molecule has 1 saturated carbocycles. The highest BCUT2D eigenvalue weighted by Gasteiger charge is 2.25. The summed E-state index contributed by atoms with van der Waals surface area (Å²) in [7, 11) is 0. The first-order valence-electron chi connectivity index (χ1n) is 21.7. The average molecular weight is 790 g/mol. The Bertz CT molecular complexity index is 1150. The lowest BCUT2D eigenvalue weighted by atomic mass is 9.86. The lowest BCUT2D eigenvalue weighted by Gasteiger charge is -2.30. The minimum absolute atomic E-state index is 0.0329. The maximum absolute atomic E-state index is 12.4. The topological polar surface area (TPSA) is 137 Å². The molecule has 11 heteroatoms. The smallest absolute Gasteiger partial charge is 0.224 e. The highest BCUT2D eigenvalue weighted by molar-refractivity contribution is 5.90. The second-order valence-electron chi connectivity index (χ2n) is 16.7. The van der Waals surface area contributed by atoms with Gasteiger partial charge in [-0.05, 0) is 106 Å². The fraction of sp³-hybridized carbons (Fsp3) is 0.778. The summed E-state index contributed by atoms with van der Waals surface area (Å²) < 4.78 is 28.7. The first kappa shape index (κ1) is 49.6. The third-order valence-corrected chi connectivity index (χ3v) is 9.66. The molecule has 1 aliphatic rings. The molecule has 0 radical (unpaired) electrons. The fourth-order valence-electron chi connectivity index (χ4n) is 6.61. The van der Waals surface area contributed by atoms with Gasteiger partial charge in [0.25, 0.3) is 0 Å². The third-order valence-electron chi connectivity index (χ3n) is 9.66. The molecule has 4 N–H and O–H groups in total. The summed E-state index contributed by atoms with van der Waals surface area (Å²) in [4.78, 5) is 24.2. The maximum atomic E-state index is 12.4. The molecule has 0 saturated heterocycles. The Morgan fingerprint density at radius 1 is 0.679 bits per heavy atom. The molecule has 1 aromatic rings. The number of benzene rings is 1. The van der Waals surface area contributed by atoms with Gasteiger partial charge in [0.2, 0.25) is 11.8 Å². The SMILES string of the molecule is C=C(CCOCCOCCCCCOCCOCCCCCNC(=O)CC(C)(C)C)NCCCCCC(=O)Nc1ccc(CCOC2CC(C)CC(O)C2)cc1. The van der Waals surface area contributed by atoms with Crippen LogP contribution in [0.25, 0.3) is 0 Å². The van der Waals surface area contributed by atoms with Crippen LogP contribution >= 0.6 is 0 Å². The molecule has 0 spiro atoms. The van der Waals surface area contributed by atoms with Crippen LogP contribution in [0.2, 0.25) is 0 Å². The van der Waals surface area contributed by atoms with E-state index < -0.39 is 0 Å². The van der Waals surface area contributed by atoms with E-state index in [9.17, 15) is 14.7 Å². The molecule has 0 aliphatic heterocycles. The van der Waals surface area contributed by atoms with Gasteiger partial charge in [0.1, 0.15) is 0 Å². The summed E-state index contributed by atoms with van der Waals surface area (Å²) in [5.41, 5.74) is 3.00. The van der Waals surface area contributed by atoms with Crippen molar-refractivity contribution in [3.8, 4) is 0 Å². The zero-order valence-electron chi connectivity index (χ0n) is 35.6. The van der Waals surface area contributed by atoms with Crippen molar-refractivity contribution in [2.24, 2.45) is 11.3 Å². The van der Waals surface area contributed by atoms with Gasteiger partial charge >= 0.3 is 0 Å². The first-order valence-corrected chi connectivity index (χ1v) is 21.7. The highest BCUT2D eigenvalue weighted by atomic mass is 16.5. The minimum Gasteiger partial charge on any atom is -0.393 e. The standard InChI is InChI=1S/C45H79N3O8/c1-37-33-41(49)35-42(34-37)56-28-21-39-16-18-40(19-17-39)48-43(50)15-9-6-10-22-46-38(2)20-27-55-32-31-54-26-14-8-13-25-53-30-29-52-24-12-7-11-23-47-44(51)36-45(3,4)5/h16-19,37,41-42,46,49H,2,6-15,20-36H2,1,3-5H3,(H,47,51)(H,48,50). The molecule has 56 heavy (non-hydrogen) atoms. The molecule has 2 amide bonds. The van der Waals surface area contributed by atoms with Crippen LogP contribution in [-0.4, -0.2) is 102 Å². The summed E-state index contributed by atoms with van der Waals surface area (Å²) >= 11 is 0. The second kappa shape index (κ2) is 31.5. The van der Waals surface area contributed by atoms with Crippen LogP contribution < -0.4 is 16.0 Å². The summed E-state index contributed by atoms with van der Waals surface area (Å²) in [6.45, 7) is 20.0. The molecule has 2 rings (SSSR count). The predicted octanol–water partition coefficient (Wildman–Crippen LogP) is 7.75. The number of unbranched alkanes of at least 4 members (excludes halogenated alkanes) is 6. The molecule has 1 aromatic carbocycles. The van der Waals surface area contributed by atoms with E-state index in [1.165, 1.54) is 5.56 Å². The van der Waals surface area contributed by atoms with E-state index in [1.807, 2.05) is 24.3 Å². The van der Waals surface area contributed by atoms with Crippen LogP contribution in [0.5, 0.6) is 0 Å². The Morgan fingerprint density at radius 2 is 1.25 bits per heavy atom. The van der Waals surface area contributed by atoms with Crippen LogP contribution in [0.3, 0.4) is 0 Å². The Labute approximate surface area is 339 Å². The fourth-order valence-corrected chi connectivity index (χ4v) is 6.61. The molecule has 1 fully saturated rings. The van der Waals surface area contributed by atoms with Crippen LogP contribution in [-0.2, 0) is 39.7 Å². The molecule has 11 nitrogen and oxygen atoms in total. The average Bonchev–Trinajstić information content (AvgIpc) is 3.13. The van der Waals surface area contributed by atoms with Crippen molar-refractivity contribution in [3.63, 3.8) is 0 Å². The molecule has 3 unspecified atom stereocenters. The number of aliphatic hydroxyl groups is 1. The van der Waals surface area contributed by atoms with Crippen molar-refractivity contribution in [2.75, 3.05) is 77.9 Å². The van der Waals surface area contributed by atoms with Crippen molar-refractivity contribution in [2.45, 2.75) is 143 Å². The van der Waals surface area contributed by atoms with Gasteiger partial charge in [0.05, 0.1) is 51.8 Å². The van der Waals surface area contributed by atoms with Crippen molar-refractivity contribution in [1.82, 2.24) is 10.6 Å². The van der Waals surface area contributed by atoms with E-state index in [2.05, 4.69) is 50.2 Å².